The molecule has 1 aliphatic carbocycles. The van der Waals surface area contributed by atoms with E-state index in [-0.39, 0.29) is 11.5 Å². The molecule has 3 rings (SSSR count). The maximum Gasteiger partial charge on any atom is 0.0847 e. The fraction of sp³-hybridized carbons (Fsp3) is 0.545. The standard InChI is InChI=1S/C11H12ClNO/c12-9-3-7-1-2-13-5-8-6-14-10(4-9)11(7)8/h2,5,9-10H,1,3-4,6H2. The smallest absolute Gasteiger partial charge is 0.0847 e. The highest BCUT2D eigenvalue weighted by molar-refractivity contribution is 6.20. The summed E-state index contributed by atoms with van der Waals surface area (Å²) < 4.78 is 5.71. The van der Waals surface area contributed by atoms with Gasteiger partial charge in [-0.2, -0.15) is 0 Å². The summed E-state index contributed by atoms with van der Waals surface area (Å²) in [6, 6.07) is 0. The maximum absolute atomic E-state index is 6.20. The number of aliphatic imine (C=N–C) groups is 1. The van der Waals surface area contributed by atoms with Crippen molar-refractivity contribution < 1.29 is 4.74 Å². The lowest BCUT2D eigenvalue weighted by Gasteiger charge is -2.25. The number of hydrogen-bond acceptors (Lipinski definition) is 2. The highest BCUT2D eigenvalue weighted by atomic mass is 35.5. The summed E-state index contributed by atoms with van der Waals surface area (Å²) in [4.78, 5) is 4.25. The molecule has 3 heteroatoms. The van der Waals surface area contributed by atoms with Gasteiger partial charge in [0.05, 0.1) is 12.7 Å². The maximum atomic E-state index is 6.20. The normalized spacial score (nSPS) is 35.4. The van der Waals surface area contributed by atoms with Crippen LogP contribution in [0.25, 0.3) is 0 Å². The molecule has 0 radical (unpaired) electrons. The number of hydrogen-bond donors (Lipinski definition) is 0. The summed E-state index contributed by atoms with van der Waals surface area (Å²) in [5.41, 5.74) is 4.10. The third-order valence-electron chi connectivity index (χ3n) is 3.10. The largest absolute Gasteiger partial charge is 0.369 e. The van der Waals surface area contributed by atoms with Crippen LogP contribution in [0.4, 0.5) is 0 Å². The van der Waals surface area contributed by atoms with Crippen LogP contribution in [0, 0.1) is 0 Å². The van der Waals surface area contributed by atoms with E-state index in [1.54, 1.807) is 0 Å². The van der Waals surface area contributed by atoms with Gasteiger partial charge in [-0.15, -0.1) is 11.6 Å². The van der Waals surface area contributed by atoms with Crippen molar-refractivity contribution in [3.8, 4) is 0 Å². The summed E-state index contributed by atoms with van der Waals surface area (Å²) in [6.45, 7) is 0.713. The van der Waals surface area contributed by atoms with Crippen molar-refractivity contribution in [2.45, 2.75) is 30.7 Å². The van der Waals surface area contributed by atoms with Crippen LogP contribution < -0.4 is 0 Å². The molecule has 0 N–H and O–H groups in total. The number of ether oxygens (including phenoxy) is 1. The fourth-order valence-electron chi connectivity index (χ4n) is 2.50. The van der Waals surface area contributed by atoms with E-state index in [1.165, 1.54) is 16.7 Å². The first kappa shape index (κ1) is 8.69. The average molecular weight is 210 g/mol. The van der Waals surface area contributed by atoms with Gasteiger partial charge in [0, 0.05) is 29.8 Å². The molecule has 0 aromatic carbocycles. The van der Waals surface area contributed by atoms with E-state index >= 15 is 0 Å². The van der Waals surface area contributed by atoms with Gasteiger partial charge in [-0.1, -0.05) is 5.57 Å². The SMILES string of the molecule is ClC1CC2=C3C(=CN=CC2)COC3C1. The third kappa shape index (κ3) is 1.25. The van der Waals surface area contributed by atoms with Crippen molar-refractivity contribution in [3.63, 3.8) is 0 Å². The molecule has 0 saturated carbocycles. The predicted molar refractivity (Wildman–Crippen MR) is 56.8 cm³/mol. The molecule has 14 heavy (non-hydrogen) atoms. The Morgan fingerprint density at radius 2 is 2.43 bits per heavy atom. The van der Waals surface area contributed by atoms with Crippen LogP contribution in [0.1, 0.15) is 19.3 Å². The Kier molecular flexibility index (Phi) is 1.99. The lowest BCUT2D eigenvalue weighted by Crippen LogP contribution is -2.22. The molecule has 2 nitrogen and oxygen atoms in total. The van der Waals surface area contributed by atoms with Crippen molar-refractivity contribution >= 4 is 17.8 Å². The Bertz CT molecular complexity index is 356. The summed E-state index contributed by atoms with van der Waals surface area (Å²) in [7, 11) is 0. The van der Waals surface area contributed by atoms with Gasteiger partial charge in [-0.3, -0.25) is 4.99 Å². The van der Waals surface area contributed by atoms with Crippen LogP contribution in [-0.4, -0.2) is 24.3 Å². The molecule has 1 fully saturated rings. The van der Waals surface area contributed by atoms with E-state index in [9.17, 15) is 0 Å². The van der Waals surface area contributed by atoms with Crippen molar-refractivity contribution in [2.24, 2.45) is 4.99 Å². The quantitative estimate of drug-likeness (QED) is 0.562. The Morgan fingerprint density at radius 1 is 1.50 bits per heavy atom. The molecule has 0 amide bonds. The van der Waals surface area contributed by atoms with Crippen molar-refractivity contribution in [1.82, 2.24) is 0 Å². The first-order chi connectivity index (χ1) is 6.84. The Labute approximate surface area is 88.3 Å². The van der Waals surface area contributed by atoms with Crippen LogP contribution >= 0.6 is 11.6 Å². The van der Waals surface area contributed by atoms with Gasteiger partial charge < -0.3 is 4.74 Å². The van der Waals surface area contributed by atoms with E-state index in [0.29, 0.717) is 6.61 Å². The molecule has 0 spiro atoms. The molecule has 0 aromatic rings. The van der Waals surface area contributed by atoms with E-state index in [1.807, 2.05) is 12.4 Å². The minimum atomic E-state index is 0.240. The lowest BCUT2D eigenvalue weighted by atomic mass is 9.86. The summed E-state index contributed by atoms with van der Waals surface area (Å²) >= 11 is 6.20. The predicted octanol–water partition coefficient (Wildman–Crippen LogP) is 2.44. The van der Waals surface area contributed by atoms with Crippen LogP contribution in [0.2, 0.25) is 0 Å². The Hall–Kier alpha value is -0.600. The van der Waals surface area contributed by atoms with E-state index in [0.717, 1.165) is 19.3 Å². The zero-order valence-corrected chi connectivity index (χ0v) is 8.63. The zero-order chi connectivity index (χ0) is 9.54. The van der Waals surface area contributed by atoms with Gasteiger partial charge in [-0.25, -0.2) is 0 Å². The molecule has 0 bridgehead atoms. The van der Waals surface area contributed by atoms with Gasteiger partial charge in [0.2, 0.25) is 0 Å². The van der Waals surface area contributed by atoms with Crippen LogP contribution in [0.5, 0.6) is 0 Å². The third-order valence-corrected chi connectivity index (χ3v) is 3.43. The monoisotopic (exact) mass is 209 g/mol. The minimum Gasteiger partial charge on any atom is -0.369 e. The van der Waals surface area contributed by atoms with Crippen molar-refractivity contribution in [1.29, 1.82) is 0 Å². The zero-order valence-electron chi connectivity index (χ0n) is 7.87. The van der Waals surface area contributed by atoms with Gasteiger partial charge in [0.15, 0.2) is 0 Å². The number of allylic oxidation sites excluding steroid dienone is 1. The first-order valence-corrected chi connectivity index (χ1v) is 5.47. The van der Waals surface area contributed by atoms with Crippen molar-refractivity contribution in [2.75, 3.05) is 6.61 Å². The Balaban J connectivity index is 2.08. The average Bonchev–Trinajstić information content (AvgIpc) is 2.43. The second kappa shape index (κ2) is 3.21. The van der Waals surface area contributed by atoms with Crippen LogP contribution in [0.3, 0.4) is 0 Å². The molecule has 0 aromatic heterocycles. The van der Waals surface area contributed by atoms with Gasteiger partial charge in [0.25, 0.3) is 0 Å². The van der Waals surface area contributed by atoms with Gasteiger partial charge in [0.1, 0.15) is 0 Å². The minimum absolute atomic E-state index is 0.240. The molecule has 2 unspecified atom stereocenters. The van der Waals surface area contributed by atoms with E-state index in [2.05, 4.69) is 4.99 Å². The number of halogens is 1. The molecule has 1 saturated heterocycles. The number of rotatable bonds is 0. The molecular formula is C11H12ClNO. The van der Waals surface area contributed by atoms with Gasteiger partial charge >= 0.3 is 0 Å². The second-order valence-electron chi connectivity index (χ2n) is 4.04. The second-order valence-corrected chi connectivity index (χ2v) is 4.66. The lowest BCUT2D eigenvalue weighted by molar-refractivity contribution is 0.118. The molecule has 3 aliphatic rings. The molecular weight excluding hydrogens is 198 g/mol. The highest BCUT2D eigenvalue weighted by Crippen LogP contribution is 2.40. The molecule has 2 heterocycles. The number of nitrogens with zero attached hydrogens (tertiary/aromatic N) is 1. The number of alkyl halides is 1. The first-order valence-electron chi connectivity index (χ1n) is 5.03. The molecule has 2 atom stereocenters. The van der Waals surface area contributed by atoms with Crippen LogP contribution in [0.15, 0.2) is 27.9 Å². The summed E-state index contributed by atoms with van der Waals surface area (Å²) in [6.07, 6.45) is 7.06. The Morgan fingerprint density at radius 3 is 3.36 bits per heavy atom. The fourth-order valence-corrected chi connectivity index (χ4v) is 2.85. The van der Waals surface area contributed by atoms with Crippen molar-refractivity contribution in [3.05, 3.63) is 22.9 Å². The highest BCUT2D eigenvalue weighted by Gasteiger charge is 2.35. The topological polar surface area (TPSA) is 21.6 Å². The van der Waals surface area contributed by atoms with Crippen LogP contribution in [-0.2, 0) is 4.74 Å². The summed E-state index contributed by atoms with van der Waals surface area (Å²) in [5, 5.41) is 0.240. The molecule has 2 aliphatic heterocycles. The molecule has 74 valence electrons. The van der Waals surface area contributed by atoms with E-state index in [4.69, 9.17) is 16.3 Å². The van der Waals surface area contributed by atoms with Gasteiger partial charge in [-0.05, 0) is 18.4 Å². The summed E-state index contributed by atoms with van der Waals surface area (Å²) in [5.74, 6) is 0. The van der Waals surface area contributed by atoms with E-state index < -0.39 is 0 Å².